The number of amides is 1. The van der Waals surface area contributed by atoms with Gasteiger partial charge < -0.3 is 15.0 Å². The molecule has 2 rings (SSSR count). The number of ether oxygens (including phenoxy) is 1. The number of piperidine rings is 1. The molecule has 1 saturated heterocycles. The van der Waals surface area contributed by atoms with E-state index >= 15 is 0 Å². The van der Waals surface area contributed by atoms with Crippen LogP contribution in [0.15, 0.2) is 0 Å². The van der Waals surface area contributed by atoms with Crippen LogP contribution in [0.3, 0.4) is 0 Å². The van der Waals surface area contributed by atoms with E-state index in [4.69, 9.17) is 4.74 Å². The van der Waals surface area contributed by atoms with Crippen LogP contribution < -0.4 is 5.32 Å². The van der Waals surface area contributed by atoms with E-state index in [0.717, 1.165) is 32.0 Å². The van der Waals surface area contributed by atoms with Crippen LogP contribution in [0.4, 0.5) is 4.79 Å². The van der Waals surface area contributed by atoms with Crippen molar-refractivity contribution in [3.8, 4) is 0 Å². The van der Waals surface area contributed by atoms with Crippen molar-refractivity contribution < 1.29 is 9.53 Å². The number of carbonyl (C=O) groups is 1. The van der Waals surface area contributed by atoms with E-state index in [9.17, 15) is 4.79 Å². The second-order valence-electron chi connectivity index (χ2n) is 9.15. The molecular formula is C19H36N2O2. The molecule has 1 unspecified atom stereocenters. The van der Waals surface area contributed by atoms with E-state index in [2.05, 4.69) is 19.2 Å². The molecule has 0 bridgehead atoms. The van der Waals surface area contributed by atoms with Crippen molar-refractivity contribution in [2.24, 2.45) is 11.3 Å². The van der Waals surface area contributed by atoms with Gasteiger partial charge in [0.25, 0.3) is 0 Å². The lowest BCUT2D eigenvalue weighted by Gasteiger charge is -2.42. The van der Waals surface area contributed by atoms with Gasteiger partial charge in [-0.1, -0.05) is 13.8 Å². The zero-order valence-electron chi connectivity index (χ0n) is 15.8. The smallest absolute Gasteiger partial charge is 0.410 e. The van der Waals surface area contributed by atoms with Crippen molar-refractivity contribution in [1.29, 1.82) is 0 Å². The Labute approximate surface area is 142 Å². The van der Waals surface area contributed by atoms with Gasteiger partial charge in [-0.05, 0) is 70.6 Å². The predicted octanol–water partition coefficient (Wildman–Crippen LogP) is 4.19. The predicted molar refractivity (Wildman–Crippen MR) is 94.6 cm³/mol. The molecular weight excluding hydrogens is 288 g/mol. The minimum Gasteiger partial charge on any atom is -0.444 e. The van der Waals surface area contributed by atoms with Gasteiger partial charge in [-0.25, -0.2) is 4.79 Å². The van der Waals surface area contributed by atoms with Gasteiger partial charge in [0, 0.05) is 25.7 Å². The van der Waals surface area contributed by atoms with Gasteiger partial charge in [-0.3, -0.25) is 0 Å². The molecule has 1 N–H and O–H groups in total. The number of hydrogen-bond donors (Lipinski definition) is 1. The number of hydrogen-bond acceptors (Lipinski definition) is 3. The van der Waals surface area contributed by atoms with Gasteiger partial charge >= 0.3 is 6.09 Å². The summed E-state index contributed by atoms with van der Waals surface area (Å²) in [6.07, 6.45) is 7.38. The van der Waals surface area contributed by atoms with Crippen LogP contribution in [-0.2, 0) is 4.74 Å². The Morgan fingerprint density at radius 1 is 1.26 bits per heavy atom. The van der Waals surface area contributed by atoms with Crippen LogP contribution in [0.25, 0.3) is 0 Å². The zero-order chi connectivity index (χ0) is 17.1. The summed E-state index contributed by atoms with van der Waals surface area (Å²) in [4.78, 5) is 14.2. The maximum Gasteiger partial charge on any atom is 0.410 e. The lowest BCUT2D eigenvalue weighted by molar-refractivity contribution is 0.00627. The van der Waals surface area contributed by atoms with E-state index in [1.54, 1.807) is 0 Å². The number of nitrogens with one attached hydrogen (secondary N) is 1. The quantitative estimate of drug-likeness (QED) is 0.846. The fraction of sp³-hybridized carbons (Fsp3) is 0.947. The van der Waals surface area contributed by atoms with Crippen LogP contribution in [-0.4, -0.2) is 42.3 Å². The van der Waals surface area contributed by atoms with E-state index < -0.39 is 5.60 Å². The second kappa shape index (κ2) is 7.42. The topological polar surface area (TPSA) is 41.6 Å². The standard InChI is InChI=1S/C19H36N2O2/c1-15-7-9-16(10-8-15)20-13-19(5)11-6-12-21(14-19)17(22)23-18(2,3)4/h15-16,20H,6-14H2,1-5H3. The molecule has 1 aliphatic heterocycles. The van der Waals surface area contributed by atoms with Gasteiger partial charge in [0.1, 0.15) is 5.60 Å². The van der Waals surface area contributed by atoms with Gasteiger partial charge in [-0.15, -0.1) is 0 Å². The first kappa shape index (κ1) is 18.6. The Kier molecular flexibility index (Phi) is 5.99. The maximum atomic E-state index is 12.3. The third-order valence-electron chi connectivity index (χ3n) is 5.27. The molecule has 1 amide bonds. The Hall–Kier alpha value is -0.770. The monoisotopic (exact) mass is 324 g/mol. The lowest BCUT2D eigenvalue weighted by atomic mass is 9.81. The molecule has 1 heterocycles. The molecule has 134 valence electrons. The molecule has 1 saturated carbocycles. The Morgan fingerprint density at radius 3 is 2.52 bits per heavy atom. The molecule has 0 aromatic carbocycles. The molecule has 2 fully saturated rings. The summed E-state index contributed by atoms with van der Waals surface area (Å²) >= 11 is 0. The first-order chi connectivity index (χ1) is 10.7. The first-order valence-corrected chi connectivity index (χ1v) is 9.38. The molecule has 1 aliphatic carbocycles. The summed E-state index contributed by atoms with van der Waals surface area (Å²) in [6, 6.07) is 0.667. The highest BCUT2D eigenvalue weighted by atomic mass is 16.6. The average molecular weight is 325 g/mol. The van der Waals surface area contributed by atoms with Crippen LogP contribution in [0.2, 0.25) is 0 Å². The number of nitrogens with zero attached hydrogens (tertiary/aromatic N) is 1. The lowest BCUT2D eigenvalue weighted by Crippen LogP contribution is -2.51. The van der Waals surface area contributed by atoms with Crippen LogP contribution in [0, 0.1) is 11.3 Å². The Balaban J connectivity index is 1.82. The largest absolute Gasteiger partial charge is 0.444 e. The van der Waals surface area contributed by atoms with Crippen molar-refractivity contribution in [3.05, 3.63) is 0 Å². The molecule has 4 heteroatoms. The highest BCUT2D eigenvalue weighted by Crippen LogP contribution is 2.31. The molecule has 0 aromatic heterocycles. The van der Waals surface area contributed by atoms with Gasteiger partial charge in [0.15, 0.2) is 0 Å². The van der Waals surface area contributed by atoms with Crippen LogP contribution >= 0.6 is 0 Å². The SMILES string of the molecule is CC1CCC(NCC2(C)CCCN(C(=O)OC(C)(C)C)C2)CC1. The number of rotatable bonds is 3. The molecule has 4 nitrogen and oxygen atoms in total. The molecule has 0 aromatic rings. The highest BCUT2D eigenvalue weighted by Gasteiger charge is 2.35. The van der Waals surface area contributed by atoms with Crippen molar-refractivity contribution in [2.45, 2.75) is 84.8 Å². The maximum absolute atomic E-state index is 12.3. The van der Waals surface area contributed by atoms with Crippen molar-refractivity contribution in [1.82, 2.24) is 10.2 Å². The summed E-state index contributed by atoms with van der Waals surface area (Å²) in [5.74, 6) is 0.890. The molecule has 23 heavy (non-hydrogen) atoms. The van der Waals surface area contributed by atoms with Crippen molar-refractivity contribution >= 4 is 6.09 Å². The van der Waals surface area contributed by atoms with E-state index in [0.29, 0.717) is 6.04 Å². The summed E-state index contributed by atoms with van der Waals surface area (Å²) in [5, 5.41) is 3.78. The summed E-state index contributed by atoms with van der Waals surface area (Å²) in [6.45, 7) is 13.1. The van der Waals surface area contributed by atoms with Crippen LogP contribution in [0.1, 0.15) is 73.1 Å². The van der Waals surface area contributed by atoms with E-state index in [1.165, 1.54) is 32.1 Å². The molecule has 0 spiro atoms. The molecule has 0 radical (unpaired) electrons. The van der Waals surface area contributed by atoms with Gasteiger partial charge in [-0.2, -0.15) is 0 Å². The number of likely N-dealkylation sites (tertiary alicyclic amines) is 1. The van der Waals surface area contributed by atoms with Gasteiger partial charge in [0.2, 0.25) is 0 Å². The zero-order valence-corrected chi connectivity index (χ0v) is 15.8. The van der Waals surface area contributed by atoms with Crippen LogP contribution in [0.5, 0.6) is 0 Å². The third-order valence-corrected chi connectivity index (χ3v) is 5.27. The first-order valence-electron chi connectivity index (χ1n) is 9.38. The normalized spacial score (nSPS) is 32.7. The summed E-state index contributed by atoms with van der Waals surface area (Å²) in [5.41, 5.74) is -0.250. The van der Waals surface area contributed by atoms with E-state index in [1.807, 2.05) is 25.7 Å². The summed E-state index contributed by atoms with van der Waals surface area (Å²) < 4.78 is 5.54. The van der Waals surface area contributed by atoms with Crippen molar-refractivity contribution in [2.75, 3.05) is 19.6 Å². The third kappa shape index (κ3) is 5.98. The average Bonchev–Trinajstić information content (AvgIpc) is 2.45. The highest BCUT2D eigenvalue weighted by molar-refractivity contribution is 5.68. The van der Waals surface area contributed by atoms with E-state index in [-0.39, 0.29) is 11.5 Å². The fourth-order valence-electron chi connectivity index (χ4n) is 3.80. The minimum atomic E-state index is -0.415. The molecule has 2 aliphatic rings. The van der Waals surface area contributed by atoms with Crippen molar-refractivity contribution in [3.63, 3.8) is 0 Å². The second-order valence-corrected chi connectivity index (χ2v) is 9.15. The fourth-order valence-corrected chi connectivity index (χ4v) is 3.80. The van der Waals surface area contributed by atoms with Gasteiger partial charge in [0.05, 0.1) is 0 Å². The Morgan fingerprint density at radius 2 is 1.91 bits per heavy atom. The number of carbonyl (C=O) groups excluding carboxylic acids is 1. The minimum absolute atomic E-state index is 0.157. The Bertz CT molecular complexity index is 397. The summed E-state index contributed by atoms with van der Waals surface area (Å²) in [7, 11) is 0. The molecule has 1 atom stereocenters.